The molecule has 1 atom stereocenters. The third-order valence-electron chi connectivity index (χ3n) is 5.47. The van der Waals surface area contributed by atoms with Gasteiger partial charge in [0.2, 0.25) is 0 Å². The molecule has 0 N–H and O–H groups in total. The van der Waals surface area contributed by atoms with Crippen molar-refractivity contribution >= 4 is 17.2 Å². The van der Waals surface area contributed by atoms with Gasteiger partial charge in [-0.15, -0.1) is 0 Å². The summed E-state index contributed by atoms with van der Waals surface area (Å²) in [6, 6.07) is 9.09. The average Bonchev–Trinajstić information content (AvgIpc) is 2.73. The Morgan fingerprint density at radius 2 is 2.03 bits per heavy atom. The maximum atomic E-state index is 14.5. The average molecular weight is 417 g/mol. The highest BCUT2D eigenvalue weighted by Gasteiger charge is 2.21. The smallest absolute Gasteiger partial charge is 0.184 e. The molecule has 1 aliphatic carbocycles. The van der Waals surface area contributed by atoms with Crippen LogP contribution in [0.15, 0.2) is 48.6 Å². The maximum Gasteiger partial charge on any atom is 0.184 e. The van der Waals surface area contributed by atoms with E-state index in [1.807, 2.05) is 38.1 Å². The van der Waals surface area contributed by atoms with Gasteiger partial charge >= 0.3 is 0 Å². The highest BCUT2D eigenvalue weighted by molar-refractivity contribution is 6.32. The number of halogens is 3. The molecule has 4 heteroatoms. The molecule has 2 aromatic carbocycles. The number of allylic oxidation sites excluding steroid dienone is 4. The Labute approximate surface area is 177 Å². The van der Waals surface area contributed by atoms with Gasteiger partial charge < -0.3 is 4.74 Å². The number of rotatable bonds is 7. The molecule has 0 spiro atoms. The molecule has 0 aliphatic heterocycles. The minimum absolute atomic E-state index is 0.108. The molecule has 3 rings (SSSR count). The van der Waals surface area contributed by atoms with Crippen molar-refractivity contribution in [3.05, 3.63) is 81.9 Å². The van der Waals surface area contributed by atoms with E-state index in [1.54, 1.807) is 12.1 Å². The third-order valence-corrected chi connectivity index (χ3v) is 5.84. The summed E-state index contributed by atoms with van der Waals surface area (Å²) in [7, 11) is 0. The fourth-order valence-electron chi connectivity index (χ4n) is 3.85. The van der Waals surface area contributed by atoms with E-state index in [-0.39, 0.29) is 22.5 Å². The lowest BCUT2D eigenvalue weighted by molar-refractivity contribution is 0.321. The summed E-state index contributed by atoms with van der Waals surface area (Å²) in [5, 5.41) is 0.108. The fraction of sp³-hybridized carbons (Fsp3) is 0.360. The van der Waals surface area contributed by atoms with Crippen LogP contribution in [0.3, 0.4) is 0 Å². The van der Waals surface area contributed by atoms with Gasteiger partial charge in [0.1, 0.15) is 5.82 Å². The molecule has 0 saturated heterocycles. The monoisotopic (exact) mass is 416 g/mol. The zero-order chi connectivity index (χ0) is 20.8. The first-order chi connectivity index (χ1) is 14.0. The predicted molar refractivity (Wildman–Crippen MR) is 117 cm³/mol. The number of benzene rings is 2. The summed E-state index contributed by atoms with van der Waals surface area (Å²) in [6.45, 7) is 4.17. The number of hydrogen-bond donors (Lipinski definition) is 0. The van der Waals surface area contributed by atoms with Crippen LogP contribution in [0.25, 0.3) is 5.57 Å². The first-order valence-corrected chi connectivity index (χ1v) is 10.6. The van der Waals surface area contributed by atoms with E-state index in [2.05, 4.69) is 12.2 Å². The van der Waals surface area contributed by atoms with Crippen LogP contribution in [0.1, 0.15) is 62.1 Å². The Morgan fingerprint density at radius 3 is 2.69 bits per heavy atom. The quantitative estimate of drug-likeness (QED) is 0.417. The van der Waals surface area contributed by atoms with Crippen LogP contribution in [-0.2, 0) is 6.42 Å². The molecular formula is C25H27ClF2O. The first kappa shape index (κ1) is 21.6. The maximum absolute atomic E-state index is 14.5. The summed E-state index contributed by atoms with van der Waals surface area (Å²) < 4.78 is 34.1. The van der Waals surface area contributed by atoms with Crippen LogP contribution in [-0.4, -0.2) is 6.61 Å². The van der Waals surface area contributed by atoms with Crippen molar-refractivity contribution in [1.29, 1.82) is 0 Å². The SMILES string of the molecule is C/C=C/CCc1ccc(C2CC=C(c3ccc(OCC)c(F)c3Cl)CC2)cc1F. The fourth-order valence-corrected chi connectivity index (χ4v) is 4.13. The zero-order valence-corrected chi connectivity index (χ0v) is 17.7. The standard InChI is InChI=1S/C25H27ClF2O/c1-3-5-6-7-19-12-13-20(16-22(19)27)17-8-10-18(11-9-17)21-14-15-23(29-4-2)25(28)24(21)26/h3,5,10,12-17H,4,6-9,11H2,1-2H3/b5-3+. The largest absolute Gasteiger partial charge is 0.491 e. The lowest BCUT2D eigenvalue weighted by atomic mass is 9.82. The van der Waals surface area contributed by atoms with Gasteiger partial charge in [0.15, 0.2) is 11.6 Å². The molecule has 1 unspecified atom stereocenters. The second kappa shape index (κ2) is 10.1. The molecule has 1 aliphatic rings. The van der Waals surface area contributed by atoms with E-state index in [4.69, 9.17) is 16.3 Å². The molecule has 0 aromatic heterocycles. The number of hydrogen-bond acceptors (Lipinski definition) is 1. The molecule has 154 valence electrons. The second-order valence-electron chi connectivity index (χ2n) is 7.33. The van der Waals surface area contributed by atoms with Gasteiger partial charge in [0.25, 0.3) is 0 Å². The summed E-state index contributed by atoms with van der Waals surface area (Å²) >= 11 is 6.26. The van der Waals surface area contributed by atoms with Crippen molar-refractivity contribution < 1.29 is 13.5 Å². The van der Waals surface area contributed by atoms with Crippen LogP contribution < -0.4 is 4.74 Å². The van der Waals surface area contributed by atoms with Crippen LogP contribution >= 0.6 is 11.6 Å². The van der Waals surface area contributed by atoms with Gasteiger partial charge in [-0.3, -0.25) is 0 Å². The minimum Gasteiger partial charge on any atom is -0.491 e. The van der Waals surface area contributed by atoms with Gasteiger partial charge in [-0.05, 0) is 92.3 Å². The van der Waals surface area contributed by atoms with E-state index in [9.17, 15) is 8.78 Å². The number of aryl methyl sites for hydroxylation is 1. The third kappa shape index (κ3) is 5.08. The van der Waals surface area contributed by atoms with Crippen LogP contribution in [0.5, 0.6) is 5.75 Å². The molecule has 0 fully saturated rings. The Bertz CT molecular complexity index is 917. The highest BCUT2D eigenvalue weighted by atomic mass is 35.5. The Kier molecular flexibility index (Phi) is 7.49. The molecule has 0 saturated carbocycles. The van der Waals surface area contributed by atoms with E-state index < -0.39 is 5.82 Å². The molecular weight excluding hydrogens is 390 g/mol. The summed E-state index contributed by atoms with van der Waals surface area (Å²) in [4.78, 5) is 0. The van der Waals surface area contributed by atoms with Crippen molar-refractivity contribution in [2.24, 2.45) is 0 Å². The molecule has 29 heavy (non-hydrogen) atoms. The lowest BCUT2D eigenvalue weighted by Gasteiger charge is -2.24. The van der Waals surface area contributed by atoms with Crippen LogP contribution in [0, 0.1) is 11.6 Å². The van der Waals surface area contributed by atoms with E-state index in [0.717, 1.165) is 47.9 Å². The Hall–Kier alpha value is -2.13. The van der Waals surface area contributed by atoms with E-state index in [1.165, 1.54) is 0 Å². The van der Waals surface area contributed by atoms with Crippen molar-refractivity contribution in [3.8, 4) is 5.75 Å². The van der Waals surface area contributed by atoms with Gasteiger partial charge in [0.05, 0.1) is 11.6 Å². The lowest BCUT2D eigenvalue weighted by Crippen LogP contribution is -2.06. The molecule has 0 heterocycles. The molecule has 1 nitrogen and oxygen atoms in total. The van der Waals surface area contributed by atoms with Crippen molar-refractivity contribution in [2.75, 3.05) is 6.61 Å². The Balaban J connectivity index is 1.72. The van der Waals surface area contributed by atoms with Crippen molar-refractivity contribution in [2.45, 2.75) is 51.9 Å². The summed E-state index contributed by atoms with van der Waals surface area (Å²) in [5.41, 5.74) is 3.54. The highest BCUT2D eigenvalue weighted by Crippen LogP contribution is 2.40. The van der Waals surface area contributed by atoms with Crippen LogP contribution in [0.4, 0.5) is 8.78 Å². The summed E-state index contributed by atoms with van der Waals surface area (Å²) in [6.07, 6.45) is 10.2. The van der Waals surface area contributed by atoms with Gasteiger partial charge in [-0.25, -0.2) is 8.78 Å². The van der Waals surface area contributed by atoms with Crippen molar-refractivity contribution in [1.82, 2.24) is 0 Å². The summed E-state index contributed by atoms with van der Waals surface area (Å²) in [5.74, 6) is -0.187. The zero-order valence-electron chi connectivity index (χ0n) is 17.0. The second-order valence-corrected chi connectivity index (χ2v) is 7.71. The molecule has 0 bridgehead atoms. The topological polar surface area (TPSA) is 9.23 Å². The van der Waals surface area contributed by atoms with Gasteiger partial charge in [-0.2, -0.15) is 0 Å². The Morgan fingerprint density at radius 1 is 1.21 bits per heavy atom. The first-order valence-electron chi connectivity index (χ1n) is 10.2. The van der Waals surface area contributed by atoms with Gasteiger partial charge in [-0.1, -0.05) is 42.0 Å². The van der Waals surface area contributed by atoms with Crippen molar-refractivity contribution in [3.63, 3.8) is 0 Å². The molecule has 0 radical (unpaired) electrons. The molecule has 0 amide bonds. The van der Waals surface area contributed by atoms with Crippen LogP contribution in [0.2, 0.25) is 5.02 Å². The number of ether oxygens (including phenoxy) is 1. The van der Waals surface area contributed by atoms with E-state index in [0.29, 0.717) is 13.0 Å². The molecule has 2 aromatic rings. The van der Waals surface area contributed by atoms with E-state index >= 15 is 0 Å². The predicted octanol–water partition coefficient (Wildman–Crippen LogP) is 7.88. The van der Waals surface area contributed by atoms with Gasteiger partial charge in [0, 0.05) is 0 Å². The normalized spacial score (nSPS) is 16.9. The minimum atomic E-state index is -0.510.